The van der Waals surface area contributed by atoms with E-state index in [-0.39, 0.29) is 13.4 Å². The van der Waals surface area contributed by atoms with Crippen LogP contribution in [0.2, 0.25) is 0 Å². The summed E-state index contributed by atoms with van der Waals surface area (Å²) in [5.41, 5.74) is 31.0. The van der Waals surface area contributed by atoms with Crippen LogP contribution in [0.1, 0.15) is 0 Å². The van der Waals surface area contributed by atoms with Gasteiger partial charge in [-0.15, -0.1) is 0 Å². The summed E-state index contributed by atoms with van der Waals surface area (Å²) in [6, 6.07) is 137. The van der Waals surface area contributed by atoms with E-state index in [2.05, 4.69) is 395 Å². The Morgan fingerprint density at radius 1 is 0.224 bits per heavy atom. The highest BCUT2D eigenvalue weighted by Crippen LogP contribution is 2.53. The second kappa shape index (κ2) is 23.9. The molecule has 19 rings (SSSR count). The van der Waals surface area contributed by atoms with Gasteiger partial charge in [0.05, 0.1) is 22.7 Å². The van der Waals surface area contributed by atoms with Crippen molar-refractivity contribution in [1.29, 1.82) is 0 Å². The minimum Gasteiger partial charge on any atom is -0.311 e. The minimum atomic E-state index is -0.196. The molecule has 0 aromatic heterocycles. The zero-order chi connectivity index (χ0) is 64.6. The van der Waals surface area contributed by atoms with Crippen molar-refractivity contribution in [3.63, 3.8) is 0 Å². The predicted molar refractivity (Wildman–Crippen MR) is 416 cm³/mol. The van der Waals surface area contributed by atoms with Gasteiger partial charge in [0, 0.05) is 89.0 Å². The van der Waals surface area contributed by atoms with Gasteiger partial charge < -0.3 is 24.5 Å². The molecule has 0 fully saturated rings. The number of nitrogens with zero attached hydrogens (tertiary/aromatic N) is 5. The molecule has 4 heterocycles. The number of fused-ring (bicyclic) bond motifs is 8. The first-order valence-corrected chi connectivity index (χ1v) is 34.5. The van der Waals surface area contributed by atoms with Crippen LogP contribution in [0.5, 0.6) is 0 Å². The highest BCUT2D eigenvalue weighted by molar-refractivity contribution is 8.00. The summed E-state index contributed by atoms with van der Waals surface area (Å²) in [5.74, 6) is 0. The molecule has 8 heteroatoms. The molecule has 0 atom stereocenters. The second-order valence-electron chi connectivity index (χ2n) is 25.5. The number of benzene rings is 15. The predicted octanol–water partition coefficient (Wildman–Crippen LogP) is 20.5. The molecule has 4 aliphatic rings. The van der Waals surface area contributed by atoms with Gasteiger partial charge in [-0.2, -0.15) is 0 Å². The highest BCUT2D eigenvalue weighted by atomic mass is 32.2. The fourth-order valence-electron chi connectivity index (χ4n) is 15.9. The molecule has 0 bridgehead atoms. The van der Waals surface area contributed by atoms with Crippen LogP contribution in [-0.2, 0) is 0 Å². The smallest absolute Gasteiger partial charge is 0.252 e. The van der Waals surface area contributed by atoms with Crippen LogP contribution in [0, 0.1) is 0 Å². The molecular formula is C90H61B2N5S. The Hall–Kier alpha value is -12.2. The molecule has 0 saturated heterocycles. The molecule has 0 aliphatic carbocycles. The Morgan fingerprint density at radius 3 is 1.13 bits per heavy atom. The lowest BCUT2D eigenvalue weighted by Crippen LogP contribution is -2.64. The molecule has 458 valence electrons. The Morgan fingerprint density at radius 2 is 0.602 bits per heavy atom. The molecule has 15 aromatic rings. The second-order valence-corrected chi connectivity index (χ2v) is 26.6. The van der Waals surface area contributed by atoms with Crippen molar-refractivity contribution < 1.29 is 0 Å². The van der Waals surface area contributed by atoms with E-state index in [9.17, 15) is 0 Å². The van der Waals surface area contributed by atoms with E-state index in [0.29, 0.717) is 0 Å². The maximum absolute atomic E-state index is 2.64. The van der Waals surface area contributed by atoms with Gasteiger partial charge in [-0.25, -0.2) is 0 Å². The Labute approximate surface area is 577 Å². The van der Waals surface area contributed by atoms with Crippen LogP contribution in [0.4, 0.5) is 85.3 Å². The molecule has 0 unspecified atom stereocenters. The topological polar surface area (TPSA) is 16.2 Å². The van der Waals surface area contributed by atoms with Crippen LogP contribution >= 0.6 is 11.8 Å². The third kappa shape index (κ3) is 9.43. The zero-order valence-corrected chi connectivity index (χ0v) is 54.3. The van der Waals surface area contributed by atoms with Crippen LogP contribution in [0.3, 0.4) is 0 Å². The number of hydrogen-bond donors (Lipinski definition) is 0. The summed E-state index contributed by atoms with van der Waals surface area (Å²) >= 11 is 1.89. The fourth-order valence-corrected chi connectivity index (χ4v) is 17.1. The molecule has 15 aromatic carbocycles. The molecule has 0 radical (unpaired) electrons. The van der Waals surface area contributed by atoms with E-state index >= 15 is 0 Å². The zero-order valence-electron chi connectivity index (χ0n) is 53.5. The summed E-state index contributed by atoms with van der Waals surface area (Å²) in [6.45, 7) is -0.308. The molecule has 0 spiro atoms. The quantitative estimate of drug-likeness (QED) is 0.113. The first kappa shape index (κ1) is 57.2. The van der Waals surface area contributed by atoms with Gasteiger partial charge in [0.1, 0.15) is 0 Å². The molecular weight excluding hydrogens is 1200 g/mol. The van der Waals surface area contributed by atoms with Crippen LogP contribution in [0.25, 0.3) is 33.4 Å². The summed E-state index contributed by atoms with van der Waals surface area (Å²) in [6.07, 6.45) is 0. The van der Waals surface area contributed by atoms with E-state index in [1.165, 1.54) is 42.6 Å². The molecule has 0 amide bonds. The van der Waals surface area contributed by atoms with Crippen molar-refractivity contribution in [2.45, 2.75) is 9.79 Å². The maximum atomic E-state index is 2.64. The van der Waals surface area contributed by atoms with E-state index in [0.717, 1.165) is 119 Å². The average Bonchev–Trinajstić information content (AvgIpc) is 0.687. The standard InChI is InChI=1S/C90H61B2N5S/c1-8-32-62(33-9-1)71-46-22-27-51-78(71)93(65-38-14-4-15-39-65)69-56-84-89-85(57-69)97(80-53-29-24-48-73(80)64-36-12-3-13-37-64)81-54-30-25-49-74(81)91(89)76-60-77-83(61-82(76)95(84)67-42-18-6-19-43-67)96(68-44-20-7-21-45-68)86-58-70(59-88-90(86)92(77)75-50-26-31-55-87(75)98-88)94(66-40-16-5-17-41-66)79-52-28-23-47-72(79)63-34-10-2-11-35-63/h1-61H. The monoisotopic (exact) mass is 1270 g/mol. The van der Waals surface area contributed by atoms with Gasteiger partial charge in [0.2, 0.25) is 6.71 Å². The molecule has 98 heavy (non-hydrogen) atoms. The fraction of sp³-hybridized carbons (Fsp3) is 0. The SMILES string of the molecule is c1ccc(-c2ccccc2N(c2ccccc2)c2cc3c4c(c2)N(c2ccccc2)c2cc5c(cc2B4c2ccccc2S3)B2c3ccccc3N(c3ccccc3-c3ccccc3)c3cc(N(c4ccccc4)c4ccccc4-c4ccccc4)cc(c32)N5c2ccccc2)cc1. The van der Waals surface area contributed by atoms with Crippen LogP contribution in [-0.4, -0.2) is 13.4 Å². The van der Waals surface area contributed by atoms with Gasteiger partial charge in [0.25, 0.3) is 6.71 Å². The van der Waals surface area contributed by atoms with Gasteiger partial charge in [-0.05, 0) is 153 Å². The molecule has 4 aliphatic heterocycles. The van der Waals surface area contributed by atoms with Gasteiger partial charge in [-0.3, -0.25) is 0 Å². The highest BCUT2D eigenvalue weighted by Gasteiger charge is 2.48. The van der Waals surface area contributed by atoms with Crippen molar-refractivity contribution in [3.05, 3.63) is 370 Å². The van der Waals surface area contributed by atoms with Crippen molar-refractivity contribution in [2.24, 2.45) is 0 Å². The Bertz CT molecular complexity index is 5530. The summed E-state index contributed by atoms with van der Waals surface area (Å²) in [4.78, 5) is 15.2. The largest absolute Gasteiger partial charge is 0.311 e. The summed E-state index contributed by atoms with van der Waals surface area (Å²) in [7, 11) is 0. The summed E-state index contributed by atoms with van der Waals surface area (Å²) < 4.78 is 0. The van der Waals surface area contributed by atoms with E-state index in [1.807, 2.05) is 11.8 Å². The molecule has 0 saturated carbocycles. The van der Waals surface area contributed by atoms with Gasteiger partial charge in [-0.1, -0.05) is 278 Å². The van der Waals surface area contributed by atoms with Crippen molar-refractivity contribution in [3.8, 4) is 33.4 Å². The summed E-state index contributed by atoms with van der Waals surface area (Å²) in [5, 5.41) is 0. The molecule has 5 nitrogen and oxygen atoms in total. The van der Waals surface area contributed by atoms with Gasteiger partial charge >= 0.3 is 0 Å². The van der Waals surface area contributed by atoms with E-state index in [1.54, 1.807) is 0 Å². The minimum absolute atomic E-state index is 0.112. The normalized spacial score (nSPS) is 12.8. The molecule has 0 N–H and O–H groups in total. The van der Waals surface area contributed by atoms with Crippen LogP contribution in [0.15, 0.2) is 380 Å². The lowest BCUT2D eigenvalue weighted by atomic mass is 9.30. The third-order valence-electron chi connectivity index (χ3n) is 20.0. The first-order chi connectivity index (χ1) is 48.7. The van der Waals surface area contributed by atoms with E-state index in [4.69, 9.17) is 0 Å². The van der Waals surface area contributed by atoms with Crippen molar-refractivity contribution in [1.82, 2.24) is 0 Å². The lowest BCUT2D eigenvalue weighted by molar-refractivity contribution is 1.21. The van der Waals surface area contributed by atoms with Crippen molar-refractivity contribution in [2.75, 3.05) is 24.5 Å². The third-order valence-corrected chi connectivity index (χ3v) is 21.2. The Balaban J connectivity index is 0.914. The van der Waals surface area contributed by atoms with Crippen LogP contribution < -0.4 is 57.3 Å². The average molecular weight is 1270 g/mol. The number of rotatable bonds is 12. The van der Waals surface area contributed by atoms with Crippen molar-refractivity contribution >= 4 is 143 Å². The first-order valence-electron chi connectivity index (χ1n) is 33.7. The lowest BCUT2D eigenvalue weighted by Gasteiger charge is -2.47. The van der Waals surface area contributed by atoms with E-state index < -0.39 is 0 Å². The Kier molecular flexibility index (Phi) is 14.0. The number of para-hydroxylation sites is 8. The number of hydrogen-bond acceptors (Lipinski definition) is 6. The maximum Gasteiger partial charge on any atom is 0.252 e. The van der Waals surface area contributed by atoms with Gasteiger partial charge in [0.15, 0.2) is 0 Å². The number of anilines is 15.